The quantitative estimate of drug-likeness (QED) is 0.885. The van der Waals surface area contributed by atoms with Gasteiger partial charge in [0.05, 0.1) is 17.8 Å². The largest absolute Gasteiger partial charge is 0.495 e. The van der Waals surface area contributed by atoms with Crippen molar-refractivity contribution in [1.29, 1.82) is 0 Å². The molecular formula is C14H17N3O2S. The van der Waals surface area contributed by atoms with E-state index >= 15 is 0 Å². The number of nitrogens with two attached hydrogens (primary N) is 1. The highest BCUT2D eigenvalue weighted by atomic mass is 32.1. The van der Waals surface area contributed by atoms with Gasteiger partial charge in [0.2, 0.25) is 0 Å². The van der Waals surface area contributed by atoms with Gasteiger partial charge in [-0.15, -0.1) is 11.3 Å². The van der Waals surface area contributed by atoms with E-state index < -0.39 is 0 Å². The number of nitrogens with one attached hydrogen (secondary N) is 1. The number of methoxy groups -OCH3 is 1. The average molecular weight is 291 g/mol. The van der Waals surface area contributed by atoms with E-state index in [9.17, 15) is 4.79 Å². The summed E-state index contributed by atoms with van der Waals surface area (Å²) in [5.74, 6) is 0.391. The zero-order valence-corrected chi connectivity index (χ0v) is 12.3. The van der Waals surface area contributed by atoms with E-state index in [4.69, 9.17) is 10.5 Å². The predicted molar refractivity (Wildman–Crippen MR) is 80.6 cm³/mol. The zero-order chi connectivity index (χ0) is 14.5. The second kappa shape index (κ2) is 6.49. The SMILES string of the molecule is COc1cc(C)ccc1NC(=O)c1csc(CCN)n1. The number of carbonyl (C=O) groups excluding carboxylic acids is 1. The molecule has 0 spiro atoms. The second-order valence-corrected chi connectivity index (χ2v) is 5.27. The van der Waals surface area contributed by atoms with Crippen LogP contribution in [0, 0.1) is 6.92 Å². The number of hydrogen-bond acceptors (Lipinski definition) is 5. The number of nitrogens with zero attached hydrogens (tertiary/aromatic N) is 1. The predicted octanol–water partition coefficient (Wildman–Crippen LogP) is 2.21. The van der Waals surface area contributed by atoms with Crippen LogP contribution < -0.4 is 15.8 Å². The molecule has 0 aliphatic carbocycles. The first-order valence-corrected chi connectivity index (χ1v) is 7.12. The summed E-state index contributed by atoms with van der Waals surface area (Å²) in [5.41, 5.74) is 7.58. The van der Waals surface area contributed by atoms with E-state index in [-0.39, 0.29) is 5.91 Å². The molecule has 0 saturated heterocycles. The molecule has 3 N–H and O–H groups in total. The number of anilines is 1. The van der Waals surface area contributed by atoms with Crippen molar-refractivity contribution in [2.24, 2.45) is 5.73 Å². The summed E-state index contributed by atoms with van der Waals surface area (Å²) in [6.45, 7) is 2.49. The van der Waals surface area contributed by atoms with Crippen LogP contribution >= 0.6 is 11.3 Å². The van der Waals surface area contributed by atoms with Gasteiger partial charge in [-0.1, -0.05) is 6.07 Å². The van der Waals surface area contributed by atoms with Gasteiger partial charge < -0.3 is 15.8 Å². The number of ether oxygens (including phenoxy) is 1. The normalized spacial score (nSPS) is 10.3. The van der Waals surface area contributed by atoms with Crippen molar-refractivity contribution < 1.29 is 9.53 Å². The third-order valence-corrected chi connectivity index (χ3v) is 3.66. The number of aromatic nitrogens is 1. The van der Waals surface area contributed by atoms with Crippen LogP contribution in [0.5, 0.6) is 5.75 Å². The van der Waals surface area contributed by atoms with E-state index in [0.717, 1.165) is 10.6 Å². The Balaban J connectivity index is 2.14. The van der Waals surface area contributed by atoms with Crippen LogP contribution in [-0.2, 0) is 6.42 Å². The average Bonchev–Trinajstić information content (AvgIpc) is 2.90. The van der Waals surface area contributed by atoms with Crippen LogP contribution in [0.4, 0.5) is 5.69 Å². The minimum absolute atomic E-state index is 0.244. The number of benzene rings is 1. The lowest BCUT2D eigenvalue weighted by Crippen LogP contribution is -2.13. The maximum Gasteiger partial charge on any atom is 0.275 e. The molecule has 0 unspecified atom stereocenters. The number of amides is 1. The van der Waals surface area contributed by atoms with E-state index in [2.05, 4.69) is 10.3 Å². The molecule has 1 aromatic carbocycles. The number of hydrogen-bond donors (Lipinski definition) is 2. The Morgan fingerprint density at radius 2 is 2.30 bits per heavy atom. The molecule has 6 heteroatoms. The fourth-order valence-corrected chi connectivity index (χ4v) is 2.54. The first kappa shape index (κ1) is 14.5. The van der Waals surface area contributed by atoms with Gasteiger partial charge in [0, 0.05) is 11.8 Å². The van der Waals surface area contributed by atoms with Crippen molar-refractivity contribution in [2.75, 3.05) is 19.0 Å². The van der Waals surface area contributed by atoms with Gasteiger partial charge in [-0.05, 0) is 31.2 Å². The Hall–Kier alpha value is -1.92. The lowest BCUT2D eigenvalue weighted by Gasteiger charge is -2.09. The maximum absolute atomic E-state index is 12.1. The topological polar surface area (TPSA) is 77.2 Å². The molecule has 0 aliphatic rings. The van der Waals surface area contributed by atoms with E-state index in [0.29, 0.717) is 30.1 Å². The van der Waals surface area contributed by atoms with Gasteiger partial charge in [-0.3, -0.25) is 4.79 Å². The molecule has 0 bridgehead atoms. The molecule has 1 amide bonds. The van der Waals surface area contributed by atoms with Crippen molar-refractivity contribution in [1.82, 2.24) is 4.98 Å². The molecule has 106 valence electrons. The fourth-order valence-electron chi connectivity index (χ4n) is 1.74. The molecular weight excluding hydrogens is 274 g/mol. The number of aryl methyl sites for hydroxylation is 1. The molecule has 2 rings (SSSR count). The molecule has 1 heterocycles. The Morgan fingerprint density at radius 1 is 1.50 bits per heavy atom. The number of thiazole rings is 1. The highest BCUT2D eigenvalue weighted by Crippen LogP contribution is 2.25. The second-order valence-electron chi connectivity index (χ2n) is 4.32. The molecule has 0 aliphatic heterocycles. The van der Waals surface area contributed by atoms with Gasteiger partial charge in [0.15, 0.2) is 0 Å². The number of carbonyl (C=O) groups is 1. The fraction of sp³-hybridized carbons (Fsp3) is 0.286. The van der Waals surface area contributed by atoms with Crippen molar-refractivity contribution in [2.45, 2.75) is 13.3 Å². The summed E-state index contributed by atoms with van der Waals surface area (Å²) in [6.07, 6.45) is 0.686. The minimum atomic E-state index is -0.244. The molecule has 2 aromatic rings. The molecule has 0 radical (unpaired) electrons. The van der Waals surface area contributed by atoms with Crippen molar-refractivity contribution in [3.05, 3.63) is 39.8 Å². The van der Waals surface area contributed by atoms with Crippen molar-refractivity contribution in [3.8, 4) is 5.75 Å². The summed E-state index contributed by atoms with van der Waals surface area (Å²) in [4.78, 5) is 16.4. The molecule has 0 saturated carbocycles. The molecule has 20 heavy (non-hydrogen) atoms. The lowest BCUT2D eigenvalue weighted by atomic mass is 10.2. The Kier molecular flexibility index (Phi) is 4.70. The third kappa shape index (κ3) is 3.34. The van der Waals surface area contributed by atoms with E-state index in [1.807, 2.05) is 25.1 Å². The monoisotopic (exact) mass is 291 g/mol. The van der Waals surface area contributed by atoms with Crippen molar-refractivity contribution in [3.63, 3.8) is 0 Å². The molecule has 5 nitrogen and oxygen atoms in total. The van der Waals surface area contributed by atoms with Crippen LogP contribution in [0.15, 0.2) is 23.6 Å². The highest BCUT2D eigenvalue weighted by molar-refractivity contribution is 7.09. The van der Waals surface area contributed by atoms with Crippen LogP contribution in [0.2, 0.25) is 0 Å². The highest BCUT2D eigenvalue weighted by Gasteiger charge is 2.13. The van der Waals surface area contributed by atoms with Crippen LogP contribution in [-0.4, -0.2) is 24.5 Å². The Bertz CT molecular complexity index is 610. The van der Waals surface area contributed by atoms with Gasteiger partial charge in [-0.2, -0.15) is 0 Å². The summed E-state index contributed by atoms with van der Waals surface area (Å²) in [6, 6.07) is 5.61. The zero-order valence-electron chi connectivity index (χ0n) is 11.5. The van der Waals surface area contributed by atoms with Gasteiger partial charge in [0.1, 0.15) is 11.4 Å². The smallest absolute Gasteiger partial charge is 0.275 e. The van der Waals surface area contributed by atoms with Gasteiger partial charge in [-0.25, -0.2) is 4.98 Å². The van der Waals surface area contributed by atoms with Crippen LogP contribution in [0.1, 0.15) is 21.1 Å². The van der Waals surface area contributed by atoms with Crippen LogP contribution in [0.3, 0.4) is 0 Å². The summed E-state index contributed by atoms with van der Waals surface area (Å²) < 4.78 is 5.26. The number of rotatable bonds is 5. The standard InChI is InChI=1S/C14H17N3O2S/c1-9-3-4-10(12(7-9)19-2)17-14(18)11-8-20-13(16-11)5-6-15/h3-4,7-8H,5-6,15H2,1-2H3,(H,17,18). The van der Waals surface area contributed by atoms with E-state index in [1.165, 1.54) is 11.3 Å². The summed E-state index contributed by atoms with van der Waals surface area (Å²) >= 11 is 1.44. The maximum atomic E-state index is 12.1. The minimum Gasteiger partial charge on any atom is -0.495 e. The molecule has 1 aromatic heterocycles. The van der Waals surface area contributed by atoms with Crippen LogP contribution in [0.25, 0.3) is 0 Å². The van der Waals surface area contributed by atoms with Gasteiger partial charge in [0.25, 0.3) is 5.91 Å². The molecule has 0 atom stereocenters. The first-order chi connectivity index (χ1) is 9.63. The van der Waals surface area contributed by atoms with Gasteiger partial charge >= 0.3 is 0 Å². The lowest BCUT2D eigenvalue weighted by molar-refractivity contribution is 0.102. The Morgan fingerprint density at radius 3 is 3.00 bits per heavy atom. The summed E-state index contributed by atoms with van der Waals surface area (Å²) in [7, 11) is 1.58. The third-order valence-electron chi connectivity index (χ3n) is 2.75. The Labute approximate surface area is 121 Å². The van der Waals surface area contributed by atoms with E-state index in [1.54, 1.807) is 12.5 Å². The van der Waals surface area contributed by atoms with Crippen molar-refractivity contribution >= 4 is 22.9 Å². The first-order valence-electron chi connectivity index (χ1n) is 6.24. The summed E-state index contributed by atoms with van der Waals surface area (Å²) in [5, 5.41) is 5.42. The molecule has 0 fully saturated rings.